The van der Waals surface area contributed by atoms with Crippen molar-refractivity contribution < 1.29 is 18.6 Å². The largest absolute Gasteiger partial charge is 0.480 e. The Morgan fingerprint density at radius 2 is 1.94 bits per heavy atom. The lowest BCUT2D eigenvalue weighted by atomic mass is 9.73. The minimum absolute atomic E-state index is 0.00652. The van der Waals surface area contributed by atoms with Crippen molar-refractivity contribution in [1.82, 2.24) is 20.4 Å². The average molecular weight is 495 g/mol. The molecule has 2 atom stereocenters. The zero-order valence-electron chi connectivity index (χ0n) is 20.8. The highest BCUT2D eigenvalue weighted by molar-refractivity contribution is 5.75. The van der Waals surface area contributed by atoms with Crippen LogP contribution in [-0.4, -0.2) is 59.5 Å². The molecule has 1 saturated carbocycles. The first-order valence-corrected chi connectivity index (χ1v) is 12.1. The molecule has 0 spiro atoms. The maximum atomic E-state index is 15.3. The lowest BCUT2D eigenvalue weighted by Gasteiger charge is -2.43. The molecule has 190 valence electrons. The maximum absolute atomic E-state index is 15.3. The topological polar surface area (TPSA) is 109 Å². The van der Waals surface area contributed by atoms with Crippen molar-refractivity contribution in [2.75, 3.05) is 32.5 Å². The second-order valence-corrected chi connectivity index (χ2v) is 9.73. The zero-order chi connectivity index (χ0) is 25.3. The minimum atomic E-state index is -0.459. The summed E-state index contributed by atoms with van der Waals surface area (Å²) in [7, 11) is 3.00. The van der Waals surface area contributed by atoms with Crippen LogP contribution < -0.4 is 20.1 Å². The molecule has 1 saturated heterocycles. The van der Waals surface area contributed by atoms with Crippen molar-refractivity contribution in [2.24, 2.45) is 11.7 Å². The summed E-state index contributed by atoms with van der Waals surface area (Å²) < 4.78 is 31.3. The highest BCUT2D eigenvalue weighted by Crippen LogP contribution is 2.43. The Morgan fingerprint density at radius 3 is 2.61 bits per heavy atom. The molecule has 2 aliphatic rings. The molecule has 3 aromatic rings. The third kappa shape index (κ3) is 4.58. The molecule has 10 heteroatoms. The second kappa shape index (κ2) is 9.94. The molecule has 0 bridgehead atoms. The minimum Gasteiger partial charge on any atom is -0.480 e. The number of hydrogen-bond acceptors (Lipinski definition) is 9. The van der Waals surface area contributed by atoms with Gasteiger partial charge in [-0.2, -0.15) is 5.10 Å². The van der Waals surface area contributed by atoms with E-state index in [4.69, 9.17) is 19.9 Å². The predicted molar refractivity (Wildman–Crippen MR) is 133 cm³/mol. The van der Waals surface area contributed by atoms with Crippen LogP contribution in [0.4, 0.5) is 10.2 Å². The normalized spacial score (nSPS) is 21.9. The van der Waals surface area contributed by atoms with Gasteiger partial charge in [-0.3, -0.25) is 0 Å². The van der Waals surface area contributed by atoms with Crippen molar-refractivity contribution >= 4 is 5.82 Å². The van der Waals surface area contributed by atoms with Crippen LogP contribution in [0.3, 0.4) is 0 Å². The third-order valence-electron chi connectivity index (χ3n) is 7.27. The summed E-state index contributed by atoms with van der Waals surface area (Å²) in [5.41, 5.74) is 8.19. The molecular formula is C26H31FN6O3. The van der Waals surface area contributed by atoms with Gasteiger partial charge in [0, 0.05) is 42.0 Å². The molecule has 9 nitrogen and oxygen atoms in total. The van der Waals surface area contributed by atoms with Crippen molar-refractivity contribution in [1.29, 1.82) is 0 Å². The van der Waals surface area contributed by atoms with E-state index in [2.05, 4.69) is 32.2 Å². The van der Waals surface area contributed by atoms with Crippen molar-refractivity contribution in [3.8, 4) is 34.0 Å². The standard InChI is InChI=1S/C26H31FN6O3/c1-26(28)9-10-33(25(26)16-5-4-6-16)23-8-7-21(30-31-23)19-12-20(27)18(13-22(19)36-15-34-2)17-11-24(35-3)32-29-14-17/h7-8,11-14,16,25H,4-6,9-10,15,28H2,1-3H3. The van der Waals surface area contributed by atoms with E-state index in [0.717, 1.165) is 18.8 Å². The molecule has 1 aromatic carbocycles. The Hall–Kier alpha value is -3.37. The van der Waals surface area contributed by atoms with Crippen LogP contribution in [0.5, 0.6) is 11.6 Å². The van der Waals surface area contributed by atoms with Gasteiger partial charge in [0.25, 0.3) is 0 Å². The quantitative estimate of drug-likeness (QED) is 0.467. The van der Waals surface area contributed by atoms with Gasteiger partial charge >= 0.3 is 0 Å². The highest BCUT2D eigenvalue weighted by Gasteiger charge is 2.47. The van der Waals surface area contributed by atoms with E-state index < -0.39 is 5.82 Å². The Balaban J connectivity index is 1.47. The fourth-order valence-electron chi connectivity index (χ4n) is 5.24. The van der Waals surface area contributed by atoms with Gasteiger partial charge in [0.2, 0.25) is 5.88 Å². The lowest BCUT2D eigenvalue weighted by Crippen LogP contribution is -2.55. The molecule has 36 heavy (non-hydrogen) atoms. The number of aromatic nitrogens is 4. The van der Waals surface area contributed by atoms with Crippen LogP contribution in [0, 0.1) is 11.7 Å². The summed E-state index contributed by atoms with van der Waals surface area (Å²) in [5, 5.41) is 16.7. The molecule has 2 N–H and O–H groups in total. The van der Waals surface area contributed by atoms with Crippen molar-refractivity contribution in [3.05, 3.63) is 42.3 Å². The Morgan fingerprint density at radius 1 is 1.11 bits per heavy atom. The van der Waals surface area contributed by atoms with Crippen molar-refractivity contribution in [3.63, 3.8) is 0 Å². The van der Waals surface area contributed by atoms with Crippen LogP contribution in [0.25, 0.3) is 22.4 Å². The van der Waals surface area contributed by atoms with Crippen LogP contribution in [-0.2, 0) is 4.74 Å². The Kier molecular flexibility index (Phi) is 6.72. The monoisotopic (exact) mass is 494 g/mol. The first-order valence-electron chi connectivity index (χ1n) is 12.1. The Labute approximate surface area is 209 Å². The van der Waals surface area contributed by atoms with Gasteiger partial charge in [-0.25, -0.2) is 4.39 Å². The van der Waals surface area contributed by atoms with Crippen LogP contribution in [0.15, 0.2) is 36.5 Å². The van der Waals surface area contributed by atoms with E-state index in [1.807, 2.05) is 12.1 Å². The van der Waals surface area contributed by atoms with Gasteiger partial charge in [0.1, 0.15) is 11.6 Å². The van der Waals surface area contributed by atoms with E-state index in [1.165, 1.54) is 45.7 Å². The number of methoxy groups -OCH3 is 2. The molecular weight excluding hydrogens is 463 g/mol. The molecule has 0 amide bonds. The summed E-state index contributed by atoms with van der Waals surface area (Å²) in [4.78, 5) is 2.29. The summed E-state index contributed by atoms with van der Waals surface area (Å²) in [6, 6.07) is 8.62. The molecule has 1 aliphatic carbocycles. The summed E-state index contributed by atoms with van der Waals surface area (Å²) in [5.74, 6) is 1.61. The van der Waals surface area contributed by atoms with E-state index in [9.17, 15) is 0 Å². The fourth-order valence-corrected chi connectivity index (χ4v) is 5.24. The van der Waals surface area contributed by atoms with E-state index >= 15 is 4.39 Å². The van der Waals surface area contributed by atoms with E-state index in [1.54, 1.807) is 12.1 Å². The maximum Gasteiger partial charge on any atom is 0.233 e. The Bertz CT molecular complexity index is 1220. The SMILES string of the molecule is COCOc1cc(-c2cnnc(OC)c2)c(F)cc1-c1ccc(N2CCC(C)(N)C2C2CCC2)nn1. The van der Waals surface area contributed by atoms with Crippen LogP contribution >= 0.6 is 0 Å². The number of ether oxygens (including phenoxy) is 3. The summed E-state index contributed by atoms with van der Waals surface area (Å²) in [6.45, 7) is 2.97. The molecule has 1 aliphatic heterocycles. The number of halogens is 1. The first kappa shape index (κ1) is 24.3. The van der Waals surface area contributed by atoms with Gasteiger partial charge in [-0.15, -0.1) is 15.3 Å². The van der Waals surface area contributed by atoms with E-state index in [0.29, 0.717) is 34.1 Å². The fraction of sp³-hybridized carbons (Fsp3) is 0.462. The number of nitrogens with two attached hydrogens (primary N) is 1. The number of benzene rings is 1. The van der Waals surface area contributed by atoms with Gasteiger partial charge in [0.15, 0.2) is 12.6 Å². The van der Waals surface area contributed by atoms with Gasteiger partial charge < -0.3 is 24.8 Å². The number of anilines is 1. The third-order valence-corrected chi connectivity index (χ3v) is 7.27. The second-order valence-electron chi connectivity index (χ2n) is 9.73. The average Bonchev–Trinajstić information content (AvgIpc) is 3.16. The predicted octanol–water partition coefficient (Wildman–Crippen LogP) is 3.83. The summed E-state index contributed by atoms with van der Waals surface area (Å²) >= 11 is 0. The van der Waals surface area contributed by atoms with E-state index in [-0.39, 0.29) is 24.3 Å². The zero-order valence-corrected chi connectivity index (χ0v) is 20.8. The number of hydrogen-bond donors (Lipinski definition) is 1. The molecule has 0 radical (unpaired) electrons. The van der Waals surface area contributed by atoms with Gasteiger partial charge in [-0.05, 0) is 56.4 Å². The smallest absolute Gasteiger partial charge is 0.233 e. The van der Waals surface area contributed by atoms with Gasteiger partial charge in [-0.1, -0.05) is 6.42 Å². The van der Waals surface area contributed by atoms with Crippen molar-refractivity contribution in [2.45, 2.75) is 44.2 Å². The number of rotatable bonds is 8. The molecule has 3 heterocycles. The number of nitrogens with zero attached hydrogens (tertiary/aromatic N) is 5. The lowest BCUT2D eigenvalue weighted by molar-refractivity contribution is 0.0515. The highest BCUT2D eigenvalue weighted by atomic mass is 19.1. The van der Waals surface area contributed by atoms with Crippen LogP contribution in [0.2, 0.25) is 0 Å². The first-order chi connectivity index (χ1) is 17.4. The molecule has 2 fully saturated rings. The molecule has 2 unspecified atom stereocenters. The summed E-state index contributed by atoms with van der Waals surface area (Å²) in [6.07, 6.45) is 6.03. The van der Waals surface area contributed by atoms with Crippen LogP contribution in [0.1, 0.15) is 32.6 Å². The van der Waals surface area contributed by atoms with Gasteiger partial charge in [0.05, 0.1) is 25.0 Å². The molecule has 2 aromatic heterocycles. The molecule has 5 rings (SSSR count).